The molecule has 0 radical (unpaired) electrons. The minimum atomic E-state index is -0.686. The molecule has 0 spiro atoms. The molecule has 8 heteroatoms. The summed E-state index contributed by atoms with van der Waals surface area (Å²) in [7, 11) is 0. The third-order valence-electron chi connectivity index (χ3n) is 6.42. The second-order valence-corrected chi connectivity index (χ2v) is 8.45. The van der Waals surface area contributed by atoms with E-state index in [1.807, 2.05) is 12.1 Å². The Labute approximate surface area is 183 Å². The zero-order valence-corrected chi connectivity index (χ0v) is 18.1. The van der Waals surface area contributed by atoms with Crippen molar-refractivity contribution in [3.63, 3.8) is 0 Å². The third-order valence-corrected chi connectivity index (χ3v) is 6.42. The van der Waals surface area contributed by atoms with Gasteiger partial charge in [-0.2, -0.15) is 0 Å². The molecule has 1 saturated carbocycles. The average Bonchev–Trinajstić information content (AvgIpc) is 2.73. The Morgan fingerprint density at radius 1 is 1.00 bits per heavy atom. The second-order valence-electron chi connectivity index (χ2n) is 8.45. The van der Waals surface area contributed by atoms with Crippen molar-refractivity contribution >= 4 is 30.3 Å². The van der Waals surface area contributed by atoms with Gasteiger partial charge < -0.3 is 21.1 Å². The highest BCUT2D eigenvalue weighted by Gasteiger charge is 2.43. The van der Waals surface area contributed by atoms with Gasteiger partial charge in [0.25, 0.3) is 0 Å². The Balaban J connectivity index is 0.00000320. The van der Waals surface area contributed by atoms with Crippen molar-refractivity contribution in [1.82, 2.24) is 4.90 Å². The summed E-state index contributed by atoms with van der Waals surface area (Å²) >= 11 is 0. The molecule has 2 aliphatic rings. The van der Waals surface area contributed by atoms with Gasteiger partial charge in [0, 0.05) is 18.7 Å². The molecule has 166 valence electrons. The van der Waals surface area contributed by atoms with E-state index in [0.717, 1.165) is 18.4 Å². The molecule has 3 rings (SSSR count). The first-order valence-electron chi connectivity index (χ1n) is 10.5. The first-order valence-corrected chi connectivity index (χ1v) is 10.5. The van der Waals surface area contributed by atoms with Crippen LogP contribution in [0, 0.1) is 11.3 Å². The number of benzene rings is 1. The summed E-state index contributed by atoms with van der Waals surface area (Å²) < 4.78 is 5.81. The molecule has 30 heavy (non-hydrogen) atoms. The number of nitrogens with zero attached hydrogens (tertiary/aromatic N) is 1. The van der Waals surface area contributed by atoms with Gasteiger partial charge in [-0.05, 0) is 55.7 Å². The predicted octanol–water partition coefficient (Wildman–Crippen LogP) is 3.03. The van der Waals surface area contributed by atoms with Gasteiger partial charge >= 0.3 is 12.0 Å². The fourth-order valence-electron chi connectivity index (χ4n) is 4.49. The van der Waals surface area contributed by atoms with Crippen LogP contribution < -0.4 is 11.5 Å². The topological polar surface area (TPSA) is 116 Å². The SMILES string of the molecule is Cl.NC(=O)c1ccc(CC2(C(=O)OCC3CCCCC3)CCN(C(N)=O)CC2)cc1. The number of esters is 1. The molecule has 4 N–H and O–H groups in total. The number of hydrogen-bond acceptors (Lipinski definition) is 4. The van der Waals surface area contributed by atoms with Crippen LogP contribution in [0.3, 0.4) is 0 Å². The van der Waals surface area contributed by atoms with Crippen molar-refractivity contribution in [2.45, 2.75) is 51.4 Å². The highest BCUT2D eigenvalue weighted by Crippen LogP contribution is 2.37. The normalized spacial score (nSPS) is 18.9. The summed E-state index contributed by atoms with van der Waals surface area (Å²) in [6.07, 6.45) is 7.42. The summed E-state index contributed by atoms with van der Waals surface area (Å²) in [4.78, 5) is 37.6. The molecule has 1 aromatic rings. The molecule has 3 amide bonds. The van der Waals surface area contributed by atoms with Crippen LogP contribution in [-0.4, -0.2) is 42.5 Å². The van der Waals surface area contributed by atoms with E-state index in [9.17, 15) is 14.4 Å². The van der Waals surface area contributed by atoms with Crippen molar-refractivity contribution in [3.05, 3.63) is 35.4 Å². The van der Waals surface area contributed by atoms with E-state index in [2.05, 4.69) is 0 Å². The lowest BCUT2D eigenvalue weighted by molar-refractivity contribution is -0.160. The van der Waals surface area contributed by atoms with Crippen molar-refractivity contribution < 1.29 is 19.1 Å². The second kappa shape index (κ2) is 10.7. The number of urea groups is 1. The minimum Gasteiger partial charge on any atom is -0.465 e. The lowest BCUT2D eigenvalue weighted by atomic mass is 9.73. The molecular weight excluding hydrogens is 406 g/mol. The molecule has 0 atom stereocenters. The van der Waals surface area contributed by atoms with Crippen LogP contribution in [0.1, 0.15) is 60.9 Å². The van der Waals surface area contributed by atoms with Gasteiger partial charge in [-0.15, -0.1) is 12.4 Å². The number of carbonyl (C=O) groups is 3. The van der Waals surface area contributed by atoms with Gasteiger partial charge in [-0.25, -0.2) is 4.79 Å². The number of likely N-dealkylation sites (tertiary alicyclic amines) is 1. The highest BCUT2D eigenvalue weighted by atomic mass is 35.5. The maximum absolute atomic E-state index is 13.2. The number of halogens is 1. The van der Waals surface area contributed by atoms with Crippen LogP contribution in [0.15, 0.2) is 24.3 Å². The molecule has 1 aliphatic heterocycles. The summed E-state index contributed by atoms with van der Waals surface area (Å²) in [5.74, 6) is -0.218. The number of piperidine rings is 1. The van der Waals surface area contributed by atoms with E-state index in [0.29, 0.717) is 50.4 Å². The lowest BCUT2D eigenvalue weighted by Crippen LogP contribution is -2.49. The van der Waals surface area contributed by atoms with Crippen LogP contribution in [0.25, 0.3) is 0 Å². The van der Waals surface area contributed by atoms with Gasteiger partial charge in [0.05, 0.1) is 12.0 Å². The Morgan fingerprint density at radius 2 is 1.60 bits per heavy atom. The molecule has 0 aromatic heterocycles. The summed E-state index contributed by atoms with van der Waals surface area (Å²) in [6, 6.07) is 6.56. The maximum Gasteiger partial charge on any atom is 0.314 e. The largest absolute Gasteiger partial charge is 0.465 e. The van der Waals surface area contributed by atoms with Crippen LogP contribution >= 0.6 is 12.4 Å². The van der Waals surface area contributed by atoms with Crippen LogP contribution in [0.2, 0.25) is 0 Å². The Bertz CT molecular complexity index is 739. The van der Waals surface area contributed by atoms with Gasteiger partial charge in [0.1, 0.15) is 0 Å². The number of amides is 3. The smallest absolute Gasteiger partial charge is 0.314 e. The van der Waals surface area contributed by atoms with Crippen molar-refractivity contribution in [2.75, 3.05) is 19.7 Å². The van der Waals surface area contributed by atoms with E-state index in [1.165, 1.54) is 19.3 Å². The van der Waals surface area contributed by atoms with Crippen molar-refractivity contribution in [2.24, 2.45) is 22.8 Å². The standard InChI is InChI=1S/C22H31N3O4.ClH/c23-19(26)18-8-6-16(7-9-18)14-22(10-12-25(13-11-22)21(24)28)20(27)29-15-17-4-2-1-3-5-17;/h6-9,17H,1-5,10-15H2,(H2,23,26)(H2,24,28);1H. The van der Waals surface area contributed by atoms with Gasteiger partial charge in [0.2, 0.25) is 5.91 Å². The molecule has 1 aliphatic carbocycles. The highest BCUT2D eigenvalue weighted by molar-refractivity contribution is 5.92. The van der Waals surface area contributed by atoms with E-state index in [1.54, 1.807) is 17.0 Å². The Hall–Kier alpha value is -2.28. The lowest BCUT2D eigenvalue weighted by Gasteiger charge is -2.39. The quantitative estimate of drug-likeness (QED) is 0.665. The van der Waals surface area contributed by atoms with Gasteiger partial charge in [-0.1, -0.05) is 31.4 Å². The molecule has 1 saturated heterocycles. The zero-order valence-electron chi connectivity index (χ0n) is 17.3. The molecular formula is C22H32ClN3O4. The Kier molecular flexibility index (Phi) is 8.53. The van der Waals surface area contributed by atoms with Gasteiger partial charge in [0.15, 0.2) is 0 Å². The van der Waals surface area contributed by atoms with Crippen LogP contribution in [0.4, 0.5) is 4.79 Å². The predicted molar refractivity (Wildman–Crippen MR) is 116 cm³/mol. The van der Waals surface area contributed by atoms with Crippen molar-refractivity contribution in [1.29, 1.82) is 0 Å². The first kappa shape index (κ1) is 24.0. The molecule has 1 aromatic carbocycles. The number of hydrogen-bond donors (Lipinski definition) is 2. The van der Waals surface area contributed by atoms with Crippen LogP contribution in [-0.2, 0) is 16.0 Å². The average molecular weight is 438 g/mol. The van der Waals surface area contributed by atoms with E-state index >= 15 is 0 Å². The molecule has 2 fully saturated rings. The fraction of sp³-hybridized carbons (Fsp3) is 0.591. The number of nitrogens with two attached hydrogens (primary N) is 2. The first-order chi connectivity index (χ1) is 13.9. The Morgan fingerprint density at radius 3 is 2.13 bits per heavy atom. The number of carbonyl (C=O) groups excluding carboxylic acids is 3. The molecule has 1 heterocycles. The van der Waals surface area contributed by atoms with Crippen molar-refractivity contribution in [3.8, 4) is 0 Å². The maximum atomic E-state index is 13.2. The summed E-state index contributed by atoms with van der Waals surface area (Å²) in [5, 5.41) is 0. The molecule has 0 bridgehead atoms. The minimum absolute atomic E-state index is 0. The monoisotopic (exact) mass is 437 g/mol. The molecule has 7 nitrogen and oxygen atoms in total. The fourth-order valence-corrected chi connectivity index (χ4v) is 4.49. The van der Waals surface area contributed by atoms with E-state index in [-0.39, 0.29) is 18.4 Å². The zero-order chi connectivity index (χ0) is 20.9. The summed E-state index contributed by atoms with van der Waals surface area (Å²) in [6.45, 7) is 1.35. The molecule has 0 unspecified atom stereocenters. The number of ether oxygens (including phenoxy) is 1. The number of rotatable bonds is 6. The van der Waals surface area contributed by atoms with Crippen LogP contribution in [0.5, 0.6) is 0 Å². The summed E-state index contributed by atoms with van der Waals surface area (Å²) in [5.41, 5.74) is 11.4. The number of primary amides is 2. The van der Waals surface area contributed by atoms with E-state index in [4.69, 9.17) is 16.2 Å². The third kappa shape index (κ3) is 5.88. The van der Waals surface area contributed by atoms with Gasteiger partial charge in [-0.3, -0.25) is 9.59 Å². The van der Waals surface area contributed by atoms with E-state index < -0.39 is 17.4 Å².